The minimum atomic E-state index is 0.245. The molecular formula is C14H19NOS. The van der Waals surface area contributed by atoms with Crippen LogP contribution in [0.1, 0.15) is 18.4 Å². The van der Waals surface area contributed by atoms with Crippen molar-refractivity contribution in [3.05, 3.63) is 29.8 Å². The first-order valence-electron chi connectivity index (χ1n) is 6.12. The van der Waals surface area contributed by atoms with E-state index in [1.165, 1.54) is 10.5 Å². The molecule has 3 heteroatoms. The lowest BCUT2D eigenvalue weighted by molar-refractivity contribution is -0.112. The third kappa shape index (κ3) is 3.58. The summed E-state index contributed by atoms with van der Waals surface area (Å²) < 4.78 is 0. The fourth-order valence-electron chi connectivity index (χ4n) is 2.34. The molecule has 1 aliphatic heterocycles. The molecular weight excluding hydrogens is 230 g/mol. The van der Waals surface area contributed by atoms with E-state index in [0.29, 0.717) is 0 Å². The number of thioether (sulfide) groups is 1. The molecule has 0 saturated carbocycles. The molecule has 0 N–H and O–H groups in total. The summed E-state index contributed by atoms with van der Waals surface area (Å²) in [7, 11) is 0. The maximum Gasteiger partial charge on any atom is 0.124 e. The van der Waals surface area contributed by atoms with Gasteiger partial charge < -0.3 is 4.79 Å². The lowest BCUT2D eigenvalue weighted by Crippen LogP contribution is -2.35. The van der Waals surface area contributed by atoms with E-state index in [1.807, 2.05) is 0 Å². The Bertz CT molecular complexity index is 363. The normalized spacial score (nSPS) is 21.4. The molecule has 92 valence electrons. The molecule has 1 fully saturated rings. The average Bonchev–Trinajstić information content (AvgIpc) is 2.40. The summed E-state index contributed by atoms with van der Waals surface area (Å²) in [5, 5.41) is 0. The molecule has 2 nitrogen and oxygen atoms in total. The van der Waals surface area contributed by atoms with Gasteiger partial charge in [0.15, 0.2) is 0 Å². The van der Waals surface area contributed by atoms with Gasteiger partial charge in [-0.1, -0.05) is 12.1 Å². The second-order valence-corrected chi connectivity index (χ2v) is 5.50. The van der Waals surface area contributed by atoms with Gasteiger partial charge in [0.2, 0.25) is 0 Å². The van der Waals surface area contributed by atoms with Gasteiger partial charge in [-0.2, -0.15) is 0 Å². The smallest absolute Gasteiger partial charge is 0.124 e. The zero-order valence-corrected chi connectivity index (χ0v) is 11.1. The first-order valence-corrected chi connectivity index (χ1v) is 7.35. The van der Waals surface area contributed by atoms with Gasteiger partial charge in [-0.3, -0.25) is 4.90 Å². The standard InChI is InChI=1S/C14H19NOS/c1-17-14-6-4-12(5-7-14)9-15-8-2-3-13(10-15)11-16/h4-7,11,13H,2-3,8-10H2,1H3. The van der Waals surface area contributed by atoms with Crippen LogP contribution in [-0.4, -0.2) is 30.5 Å². The summed E-state index contributed by atoms with van der Waals surface area (Å²) in [6, 6.07) is 8.72. The van der Waals surface area contributed by atoms with Crippen LogP contribution < -0.4 is 0 Å². The first-order chi connectivity index (χ1) is 8.31. The molecule has 1 aliphatic rings. The molecule has 17 heavy (non-hydrogen) atoms. The minimum absolute atomic E-state index is 0.245. The van der Waals surface area contributed by atoms with E-state index in [2.05, 4.69) is 35.4 Å². The molecule has 1 atom stereocenters. The van der Waals surface area contributed by atoms with E-state index < -0.39 is 0 Å². The van der Waals surface area contributed by atoms with Gasteiger partial charge in [-0.25, -0.2) is 0 Å². The Labute approximate surface area is 107 Å². The van der Waals surface area contributed by atoms with Gasteiger partial charge in [0.25, 0.3) is 0 Å². The van der Waals surface area contributed by atoms with Crippen LogP contribution in [0.4, 0.5) is 0 Å². The van der Waals surface area contributed by atoms with Gasteiger partial charge in [-0.15, -0.1) is 11.8 Å². The van der Waals surface area contributed by atoms with Crippen molar-refractivity contribution in [2.45, 2.75) is 24.3 Å². The monoisotopic (exact) mass is 249 g/mol. The van der Waals surface area contributed by atoms with Crippen LogP contribution in [0.15, 0.2) is 29.2 Å². The molecule has 1 saturated heterocycles. The van der Waals surface area contributed by atoms with Crippen LogP contribution in [0.5, 0.6) is 0 Å². The van der Waals surface area contributed by atoms with Crippen LogP contribution in [0, 0.1) is 5.92 Å². The fourth-order valence-corrected chi connectivity index (χ4v) is 2.74. The number of hydrogen-bond acceptors (Lipinski definition) is 3. The summed E-state index contributed by atoms with van der Waals surface area (Å²) in [6.07, 6.45) is 5.41. The highest BCUT2D eigenvalue weighted by atomic mass is 32.2. The molecule has 1 aromatic rings. The molecule has 0 spiro atoms. The molecule has 1 unspecified atom stereocenters. The number of carbonyl (C=O) groups excluding carboxylic acids is 1. The van der Waals surface area contributed by atoms with Crippen molar-refractivity contribution < 1.29 is 4.79 Å². The van der Waals surface area contributed by atoms with Crippen LogP contribution in [0.25, 0.3) is 0 Å². The van der Waals surface area contributed by atoms with Gasteiger partial charge in [0, 0.05) is 23.9 Å². The Morgan fingerprint density at radius 2 is 2.18 bits per heavy atom. The molecule has 2 rings (SSSR count). The topological polar surface area (TPSA) is 20.3 Å². The van der Waals surface area contributed by atoms with E-state index in [1.54, 1.807) is 11.8 Å². The molecule has 1 heterocycles. The number of nitrogens with zero attached hydrogens (tertiary/aromatic N) is 1. The zero-order chi connectivity index (χ0) is 12.1. The third-order valence-electron chi connectivity index (χ3n) is 3.30. The summed E-state index contributed by atoms with van der Waals surface area (Å²) in [5.74, 6) is 0.245. The highest BCUT2D eigenvalue weighted by Crippen LogP contribution is 2.19. The number of piperidine rings is 1. The Balaban J connectivity index is 1.92. The van der Waals surface area contributed by atoms with Crippen LogP contribution in [-0.2, 0) is 11.3 Å². The second kappa shape index (κ2) is 6.22. The second-order valence-electron chi connectivity index (χ2n) is 4.62. The predicted octanol–water partition coefficient (Wildman–Crippen LogP) is 2.82. The van der Waals surface area contributed by atoms with E-state index in [0.717, 1.165) is 38.8 Å². The highest BCUT2D eigenvalue weighted by molar-refractivity contribution is 7.98. The van der Waals surface area contributed by atoms with Crippen molar-refractivity contribution in [3.63, 3.8) is 0 Å². The summed E-state index contributed by atoms with van der Waals surface area (Å²) in [5.41, 5.74) is 1.34. The number of benzene rings is 1. The molecule has 0 aromatic heterocycles. The molecule has 1 aromatic carbocycles. The Kier molecular flexibility index (Phi) is 4.63. The van der Waals surface area contributed by atoms with Crippen molar-refractivity contribution in [2.75, 3.05) is 19.3 Å². The van der Waals surface area contributed by atoms with Crippen LogP contribution in [0.3, 0.4) is 0 Å². The predicted molar refractivity (Wildman–Crippen MR) is 72.3 cm³/mol. The maximum absolute atomic E-state index is 10.8. The summed E-state index contributed by atoms with van der Waals surface area (Å²) in [6.45, 7) is 3.02. The highest BCUT2D eigenvalue weighted by Gasteiger charge is 2.18. The Morgan fingerprint density at radius 3 is 2.82 bits per heavy atom. The van der Waals surface area contributed by atoms with Gasteiger partial charge in [0.1, 0.15) is 6.29 Å². The number of likely N-dealkylation sites (tertiary alicyclic amines) is 1. The van der Waals surface area contributed by atoms with E-state index >= 15 is 0 Å². The Morgan fingerprint density at radius 1 is 1.41 bits per heavy atom. The Hall–Kier alpha value is -0.800. The average molecular weight is 249 g/mol. The van der Waals surface area contributed by atoms with Gasteiger partial charge in [0.05, 0.1) is 0 Å². The van der Waals surface area contributed by atoms with Crippen LogP contribution in [0.2, 0.25) is 0 Å². The lowest BCUT2D eigenvalue weighted by atomic mass is 9.99. The molecule has 0 bridgehead atoms. The molecule has 0 radical (unpaired) electrons. The first kappa shape index (κ1) is 12.7. The van der Waals surface area contributed by atoms with Crippen molar-refractivity contribution >= 4 is 18.0 Å². The van der Waals surface area contributed by atoms with Crippen LogP contribution >= 0.6 is 11.8 Å². The lowest BCUT2D eigenvalue weighted by Gasteiger charge is -2.30. The molecule has 0 amide bonds. The third-order valence-corrected chi connectivity index (χ3v) is 4.04. The quantitative estimate of drug-likeness (QED) is 0.604. The number of aldehydes is 1. The van der Waals surface area contributed by atoms with Crippen molar-refractivity contribution in [3.8, 4) is 0 Å². The van der Waals surface area contributed by atoms with Crippen molar-refractivity contribution in [2.24, 2.45) is 5.92 Å². The van der Waals surface area contributed by atoms with Crippen molar-refractivity contribution in [1.82, 2.24) is 4.90 Å². The van der Waals surface area contributed by atoms with E-state index in [-0.39, 0.29) is 5.92 Å². The van der Waals surface area contributed by atoms with Gasteiger partial charge >= 0.3 is 0 Å². The zero-order valence-electron chi connectivity index (χ0n) is 10.3. The minimum Gasteiger partial charge on any atom is -0.303 e. The number of hydrogen-bond donors (Lipinski definition) is 0. The summed E-state index contributed by atoms with van der Waals surface area (Å²) >= 11 is 1.77. The largest absolute Gasteiger partial charge is 0.303 e. The van der Waals surface area contributed by atoms with E-state index in [9.17, 15) is 4.79 Å². The SMILES string of the molecule is CSc1ccc(CN2CCCC(C=O)C2)cc1. The molecule has 0 aliphatic carbocycles. The number of carbonyl (C=O) groups is 1. The van der Waals surface area contributed by atoms with Gasteiger partial charge in [-0.05, 0) is 43.3 Å². The maximum atomic E-state index is 10.8. The number of rotatable bonds is 4. The fraction of sp³-hybridized carbons (Fsp3) is 0.500. The van der Waals surface area contributed by atoms with E-state index in [4.69, 9.17) is 0 Å². The van der Waals surface area contributed by atoms with Crippen molar-refractivity contribution in [1.29, 1.82) is 0 Å². The summed E-state index contributed by atoms with van der Waals surface area (Å²) in [4.78, 5) is 14.5.